The van der Waals surface area contributed by atoms with Gasteiger partial charge >= 0.3 is 0 Å². The first-order valence-corrected chi connectivity index (χ1v) is 11.6. The number of carbonyl (C=O) groups is 2. The fourth-order valence-corrected chi connectivity index (χ4v) is 4.46. The highest BCUT2D eigenvalue weighted by Crippen LogP contribution is 2.32. The summed E-state index contributed by atoms with van der Waals surface area (Å²) < 4.78 is 10.5. The van der Waals surface area contributed by atoms with Crippen molar-refractivity contribution >= 4 is 34.2 Å². The number of aliphatic hydroxyl groups is 1. The van der Waals surface area contributed by atoms with E-state index in [1.807, 2.05) is 24.3 Å². The summed E-state index contributed by atoms with van der Waals surface area (Å²) in [5.74, 6) is 0.782. The number of rotatable bonds is 6. The second-order valence-corrected chi connectivity index (χ2v) is 8.86. The van der Waals surface area contributed by atoms with Gasteiger partial charge in [-0.15, -0.1) is 0 Å². The zero-order valence-electron chi connectivity index (χ0n) is 19.3. The highest BCUT2D eigenvalue weighted by atomic mass is 16.5. The fourth-order valence-electron chi connectivity index (χ4n) is 4.46. The number of benzene rings is 1. The Labute approximate surface area is 202 Å². The SMILES string of the molecule is COc1ccc2cccc(NC(=O)[C@]3(O)CC[C@@H](NCc4ccc5c(n4)NC(=O)CO5)CC3)c2n1. The Morgan fingerprint density at radius 2 is 2.03 bits per heavy atom. The fraction of sp³-hybridized carbons (Fsp3) is 0.360. The van der Waals surface area contributed by atoms with Gasteiger partial charge in [-0.25, -0.2) is 9.97 Å². The van der Waals surface area contributed by atoms with Crippen LogP contribution >= 0.6 is 0 Å². The third kappa shape index (κ3) is 4.89. The Balaban J connectivity index is 1.18. The molecule has 1 aliphatic carbocycles. The topological polar surface area (TPSA) is 135 Å². The van der Waals surface area contributed by atoms with Gasteiger partial charge in [-0.3, -0.25) is 9.59 Å². The highest BCUT2D eigenvalue weighted by molar-refractivity contribution is 6.03. The molecule has 2 aliphatic rings. The van der Waals surface area contributed by atoms with Gasteiger partial charge in [-0.2, -0.15) is 0 Å². The summed E-state index contributed by atoms with van der Waals surface area (Å²) in [6.07, 6.45) is 1.94. The molecule has 0 radical (unpaired) electrons. The smallest absolute Gasteiger partial charge is 0.263 e. The molecule has 3 aromatic rings. The summed E-state index contributed by atoms with van der Waals surface area (Å²) in [7, 11) is 1.54. The normalized spacial score (nSPS) is 21.5. The first kappa shape index (κ1) is 23.0. The molecule has 1 aromatic carbocycles. The van der Waals surface area contributed by atoms with Gasteiger partial charge in [0.1, 0.15) is 5.60 Å². The maximum absolute atomic E-state index is 13.0. The quantitative estimate of drug-likeness (QED) is 0.425. The van der Waals surface area contributed by atoms with E-state index in [0.29, 0.717) is 60.9 Å². The van der Waals surface area contributed by atoms with Crippen molar-refractivity contribution in [1.82, 2.24) is 15.3 Å². The van der Waals surface area contributed by atoms with E-state index in [0.717, 1.165) is 11.1 Å². The Morgan fingerprint density at radius 3 is 2.83 bits per heavy atom. The third-order valence-electron chi connectivity index (χ3n) is 6.49. The summed E-state index contributed by atoms with van der Waals surface area (Å²) in [4.78, 5) is 33.4. The molecule has 0 atom stereocenters. The van der Waals surface area contributed by atoms with Crippen LogP contribution in [0.1, 0.15) is 31.4 Å². The predicted octanol–water partition coefficient (Wildman–Crippen LogP) is 2.37. The Bertz CT molecular complexity index is 1270. The van der Waals surface area contributed by atoms with E-state index < -0.39 is 11.5 Å². The van der Waals surface area contributed by atoms with E-state index in [2.05, 4.69) is 25.9 Å². The molecule has 0 saturated heterocycles. The van der Waals surface area contributed by atoms with Crippen molar-refractivity contribution in [3.63, 3.8) is 0 Å². The lowest BCUT2D eigenvalue weighted by molar-refractivity contribution is -0.137. The van der Waals surface area contributed by atoms with Gasteiger partial charge in [-0.1, -0.05) is 12.1 Å². The van der Waals surface area contributed by atoms with Gasteiger partial charge in [-0.05, 0) is 49.9 Å². The largest absolute Gasteiger partial charge is 0.481 e. The minimum Gasteiger partial charge on any atom is -0.481 e. The number of amides is 2. The van der Waals surface area contributed by atoms with Crippen molar-refractivity contribution in [2.75, 3.05) is 24.4 Å². The number of ether oxygens (including phenoxy) is 2. The molecular formula is C25H27N5O5. The van der Waals surface area contributed by atoms with E-state index in [9.17, 15) is 14.7 Å². The number of methoxy groups -OCH3 is 1. The van der Waals surface area contributed by atoms with E-state index in [1.165, 1.54) is 0 Å². The lowest BCUT2D eigenvalue weighted by atomic mass is 9.81. The van der Waals surface area contributed by atoms with Crippen LogP contribution in [-0.4, -0.2) is 52.2 Å². The standard InChI is InChI=1S/C25H27N5O5/c1-34-21-8-5-15-3-2-4-18(22(15)30-21)28-24(32)25(33)11-9-16(10-12-25)26-13-17-6-7-19-23(27-17)29-20(31)14-35-19/h2-8,16,26,33H,9-14H2,1H3,(H,28,32)(H,27,29,31)/t16-,25+. The maximum atomic E-state index is 13.0. The molecule has 0 unspecified atom stereocenters. The van der Waals surface area contributed by atoms with Gasteiger partial charge in [0.05, 0.1) is 24.0 Å². The summed E-state index contributed by atoms with van der Waals surface area (Å²) >= 11 is 0. The van der Waals surface area contributed by atoms with Crippen molar-refractivity contribution in [3.05, 3.63) is 48.2 Å². The van der Waals surface area contributed by atoms with E-state index in [-0.39, 0.29) is 18.6 Å². The maximum Gasteiger partial charge on any atom is 0.263 e. The molecule has 10 heteroatoms. The minimum atomic E-state index is -1.45. The van der Waals surface area contributed by atoms with E-state index in [1.54, 1.807) is 25.3 Å². The van der Waals surface area contributed by atoms with Gasteiger partial charge in [0, 0.05) is 24.0 Å². The lowest BCUT2D eigenvalue weighted by Crippen LogP contribution is -2.48. The predicted molar refractivity (Wildman–Crippen MR) is 129 cm³/mol. The molecule has 3 heterocycles. The number of pyridine rings is 2. The van der Waals surface area contributed by atoms with Crippen LogP contribution in [0, 0.1) is 0 Å². The number of para-hydroxylation sites is 1. The lowest BCUT2D eigenvalue weighted by Gasteiger charge is -2.35. The summed E-state index contributed by atoms with van der Waals surface area (Å²) in [5, 5.41) is 21.0. The Morgan fingerprint density at radius 1 is 1.20 bits per heavy atom. The molecule has 5 rings (SSSR count). The molecule has 1 aliphatic heterocycles. The van der Waals surface area contributed by atoms with Crippen molar-refractivity contribution in [2.24, 2.45) is 0 Å². The minimum absolute atomic E-state index is 0.00393. The number of aromatic nitrogens is 2. The van der Waals surface area contributed by atoms with Crippen molar-refractivity contribution in [1.29, 1.82) is 0 Å². The zero-order chi connectivity index (χ0) is 24.4. The number of carbonyl (C=O) groups excluding carboxylic acids is 2. The van der Waals surface area contributed by atoms with Gasteiger partial charge < -0.3 is 30.5 Å². The van der Waals surface area contributed by atoms with Crippen LogP contribution in [0.4, 0.5) is 11.5 Å². The van der Waals surface area contributed by atoms with Crippen molar-refractivity contribution in [3.8, 4) is 11.6 Å². The van der Waals surface area contributed by atoms with Crippen LogP contribution in [-0.2, 0) is 16.1 Å². The molecule has 0 bridgehead atoms. The summed E-state index contributed by atoms with van der Waals surface area (Å²) in [6, 6.07) is 12.9. The number of fused-ring (bicyclic) bond motifs is 2. The number of nitrogens with one attached hydrogen (secondary N) is 3. The Hall–Kier alpha value is -3.76. The van der Waals surface area contributed by atoms with Crippen LogP contribution in [0.25, 0.3) is 10.9 Å². The van der Waals surface area contributed by atoms with E-state index >= 15 is 0 Å². The molecule has 182 valence electrons. The monoisotopic (exact) mass is 477 g/mol. The second-order valence-electron chi connectivity index (χ2n) is 8.86. The highest BCUT2D eigenvalue weighted by Gasteiger charge is 2.40. The van der Waals surface area contributed by atoms with Gasteiger partial charge in [0.2, 0.25) is 5.88 Å². The molecule has 1 fully saturated rings. The second kappa shape index (κ2) is 9.47. The molecule has 35 heavy (non-hydrogen) atoms. The van der Waals surface area contributed by atoms with Crippen LogP contribution in [0.2, 0.25) is 0 Å². The first-order chi connectivity index (χ1) is 16.9. The summed E-state index contributed by atoms with van der Waals surface area (Å²) in [6.45, 7) is 0.498. The molecule has 4 N–H and O–H groups in total. The van der Waals surface area contributed by atoms with Crippen LogP contribution in [0.5, 0.6) is 11.6 Å². The third-order valence-corrected chi connectivity index (χ3v) is 6.49. The molecular weight excluding hydrogens is 450 g/mol. The average Bonchev–Trinajstić information content (AvgIpc) is 2.88. The molecule has 0 spiro atoms. The first-order valence-electron chi connectivity index (χ1n) is 11.6. The summed E-state index contributed by atoms with van der Waals surface area (Å²) in [5.41, 5.74) is 0.463. The number of hydrogen-bond donors (Lipinski definition) is 4. The van der Waals surface area contributed by atoms with Gasteiger partial charge in [0.25, 0.3) is 11.8 Å². The molecule has 10 nitrogen and oxygen atoms in total. The van der Waals surface area contributed by atoms with Gasteiger partial charge in [0.15, 0.2) is 18.2 Å². The van der Waals surface area contributed by atoms with Crippen molar-refractivity contribution in [2.45, 2.75) is 43.9 Å². The Kier molecular flexibility index (Phi) is 6.23. The zero-order valence-corrected chi connectivity index (χ0v) is 19.3. The van der Waals surface area contributed by atoms with Crippen LogP contribution < -0.4 is 25.4 Å². The number of anilines is 2. The number of hydrogen-bond acceptors (Lipinski definition) is 8. The molecule has 1 saturated carbocycles. The average molecular weight is 478 g/mol. The molecule has 2 aromatic heterocycles. The molecule has 2 amide bonds. The van der Waals surface area contributed by atoms with Crippen molar-refractivity contribution < 1.29 is 24.2 Å². The van der Waals surface area contributed by atoms with E-state index in [4.69, 9.17) is 9.47 Å². The van der Waals surface area contributed by atoms with Crippen LogP contribution in [0.3, 0.4) is 0 Å². The number of nitrogens with zero attached hydrogens (tertiary/aromatic N) is 2. The van der Waals surface area contributed by atoms with Crippen LogP contribution in [0.15, 0.2) is 42.5 Å².